The molecule has 8 nitrogen and oxygen atoms in total. The largest absolute Gasteiger partial charge is 0.497 e. The molecule has 0 spiro atoms. The van der Waals surface area contributed by atoms with Gasteiger partial charge >= 0.3 is 5.97 Å². The van der Waals surface area contributed by atoms with Crippen molar-refractivity contribution in [1.29, 1.82) is 0 Å². The summed E-state index contributed by atoms with van der Waals surface area (Å²) in [5.41, 5.74) is 4.56. The third-order valence-corrected chi connectivity index (χ3v) is 5.08. The van der Waals surface area contributed by atoms with Crippen molar-refractivity contribution in [2.24, 2.45) is 5.10 Å². The van der Waals surface area contributed by atoms with Gasteiger partial charge in [0, 0.05) is 15.6 Å². The molecule has 0 aliphatic heterocycles. The van der Waals surface area contributed by atoms with Crippen LogP contribution in [0.3, 0.4) is 0 Å². The minimum absolute atomic E-state index is 0.268. The highest BCUT2D eigenvalue weighted by Crippen LogP contribution is 2.23. The van der Waals surface area contributed by atoms with Gasteiger partial charge < -0.3 is 14.8 Å². The predicted octanol–water partition coefficient (Wildman–Crippen LogP) is 3.87. The lowest BCUT2D eigenvalue weighted by atomic mass is 10.1. The van der Waals surface area contributed by atoms with Gasteiger partial charge in [-0.1, -0.05) is 33.6 Å². The Kier molecular flexibility index (Phi) is 8.53. The molecule has 0 saturated carbocycles. The van der Waals surface area contributed by atoms with Crippen LogP contribution in [0.1, 0.15) is 31.8 Å². The molecule has 0 aliphatic rings. The van der Waals surface area contributed by atoms with Gasteiger partial charge in [0.15, 0.2) is 0 Å². The molecule has 2 amide bonds. The summed E-state index contributed by atoms with van der Waals surface area (Å²) in [6, 6.07) is 18.6. The van der Waals surface area contributed by atoms with Gasteiger partial charge in [0.05, 0.1) is 25.4 Å². The number of halogens is 1. The van der Waals surface area contributed by atoms with Gasteiger partial charge in [0.1, 0.15) is 11.5 Å². The lowest BCUT2D eigenvalue weighted by Gasteiger charge is -2.09. The van der Waals surface area contributed by atoms with Gasteiger partial charge in [0.25, 0.3) is 11.8 Å². The Morgan fingerprint density at radius 1 is 1.00 bits per heavy atom. The van der Waals surface area contributed by atoms with Crippen LogP contribution < -0.4 is 20.2 Å². The van der Waals surface area contributed by atoms with E-state index in [-0.39, 0.29) is 12.3 Å². The third-order valence-electron chi connectivity index (χ3n) is 4.58. The zero-order valence-corrected chi connectivity index (χ0v) is 20.1. The number of carbonyl (C=O) groups is 3. The van der Waals surface area contributed by atoms with E-state index >= 15 is 0 Å². The van der Waals surface area contributed by atoms with Crippen LogP contribution in [0, 0.1) is 6.92 Å². The van der Waals surface area contributed by atoms with Crippen LogP contribution in [0.2, 0.25) is 0 Å². The lowest BCUT2D eigenvalue weighted by Crippen LogP contribution is -2.34. The molecule has 3 rings (SSSR count). The van der Waals surface area contributed by atoms with Gasteiger partial charge in [-0.05, 0) is 61.5 Å². The van der Waals surface area contributed by atoms with Crippen LogP contribution in [0.4, 0.5) is 0 Å². The Bertz CT molecular complexity index is 1230. The van der Waals surface area contributed by atoms with Crippen molar-refractivity contribution in [1.82, 2.24) is 10.7 Å². The number of nitrogens with one attached hydrogen (secondary N) is 2. The second-order valence-corrected chi connectivity index (χ2v) is 8.06. The number of amides is 2. The SMILES string of the molecule is COc1ccc(C(=O)NCC(=O)NN=Cc2cc(Br)ccc2OC(=O)c2cccc(C)c2)cc1. The molecule has 0 bridgehead atoms. The molecule has 3 aromatic carbocycles. The van der Waals surface area contributed by atoms with Crippen molar-refractivity contribution in [2.75, 3.05) is 13.7 Å². The van der Waals surface area contributed by atoms with Crippen LogP contribution in [0.15, 0.2) is 76.3 Å². The average Bonchev–Trinajstić information content (AvgIpc) is 2.84. The molecule has 3 aromatic rings. The molecular formula is C25H22BrN3O5. The number of carbonyl (C=O) groups excluding carboxylic acids is 3. The van der Waals surface area contributed by atoms with Crippen molar-refractivity contribution in [2.45, 2.75) is 6.92 Å². The first-order chi connectivity index (χ1) is 16.4. The number of hydrogen-bond acceptors (Lipinski definition) is 6. The molecule has 0 fully saturated rings. The molecule has 9 heteroatoms. The van der Waals surface area contributed by atoms with Crippen molar-refractivity contribution >= 4 is 39.9 Å². The number of methoxy groups -OCH3 is 1. The summed E-state index contributed by atoms with van der Waals surface area (Å²) < 4.78 is 11.3. The van der Waals surface area contributed by atoms with Gasteiger partial charge in [0.2, 0.25) is 0 Å². The fraction of sp³-hybridized carbons (Fsp3) is 0.120. The predicted molar refractivity (Wildman–Crippen MR) is 131 cm³/mol. The maximum Gasteiger partial charge on any atom is 0.343 e. The van der Waals surface area contributed by atoms with Crippen LogP contribution in [-0.2, 0) is 4.79 Å². The number of rotatable bonds is 8. The lowest BCUT2D eigenvalue weighted by molar-refractivity contribution is -0.120. The summed E-state index contributed by atoms with van der Waals surface area (Å²) >= 11 is 3.36. The Balaban J connectivity index is 1.58. The van der Waals surface area contributed by atoms with E-state index in [0.29, 0.717) is 22.4 Å². The summed E-state index contributed by atoms with van der Waals surface area (Å²) in [4.78, 5) is 36.7. The molecule has 0 saturated heterocycles. The van der Waals surface area contributed by atoms with Gasteiger partial charge in [-0.3, -0.25) is 9.59 Å². The monoisotopic (exact) mass is 523 g/mol. The third kappa shape index (κ3) is 7.01. The van der Waals surface area contributed by atoms with Crippen molar-refractivity contribution < 1.29 is 23.9 Å². The quantitative estimate of drug-likeness (QED) is 0.202. The number of hydrogen-bond donors (Lipinski definition) is 2. The first-order valence-electron chi connectivity index (χ1n) is 10.2. The van der Waals surface area contributed by atoms with E-state index < -0.39 is 17.8 Å². The fourth-order valence-electron chi connectivity index (χ4n) is 2.86. The van der Waals surface area contributed by atoms with E-state index in [1.165, 1.54) is 13.3 Å². The topological polar surface area (TPSA) is 106 Å². The van der Waals surface area contributed by atoms with Gasteiger partial charge in [-0.15, -0.1) is 0 Å². The molecule has 34 heavy (non-hydrogen) atoms. The zero-order valence-electron chi connectivity index (χ0n) is 18.5. The molecule has 2 N–H and O–H groups in total. The number of ether oxygens (including phenoxy) is 2. The van der Waals surface area contributed by atoms with Crippen LogP contribution in [0.25, 0.3) is 0 Å². The fourth-order valence-corrected chi connectivity index (χ4v) is 3.24. The molecular weight excluding hydrogens is 502 g/mol. The van der Waals surface area contributed by atoms with E-state index in [0.717, 1.165) is 10.0 Å². The molecule has 0 heterocycles. The minimum Gasteiger partial charge on any atom is -0.497 e. The van der Waals surface area contributed by atoms with E-state index in [9.17, 15) is 14.4 Å². The van der Waals surface area contributed by atoms with E-state index in [4.69, 9.17) is 9.47 Å². The maximum absolute atomic E-state index is 12.5. The average molecular weight is 524 g/mol. The Hall–Kier alpha value is -3.98. The number of hydrazone groups is 1. The number of benzene rings is 3. The Morgan fingerprint density at radius 3 is 2.47 bits per heavy atom. The number of esters is 1. The first kappa shape index (κ1) is 24.7. The molecule has 0 atom stereocenters. The highest BCUT2D eigenvalue weighted by Gasteiger charge is 2.12. The van der Waals surface area contributed by atoms with Crippen molar-refractivity contribution in [3.8, 4) is 11.5 Å². The highest BCUT2D eigenvalue weighted by atomic mass is 79.9. The summed E-state index contributed by atoms with van der Waals surface area (Å²) in [5.74, 6) is -0.530. The first-order valence-corrected chi connectivity index (χ1v) is 11.0. The molecule has 0 aromatic heterocycles. The standard InChI is InChI=1S/C25H22BrN3O5/c1-16-4-3-5-18(12-16)25(32)34-22-11-8-20(26)13-19(22)14-28-29-23(30)15-27-24(31)17-6-9-21(33-2)10-7-17/h3-14H,15H2,1-2H3,(H,27,31)(H,29,30). The van der Waals surface area contributed by atoms with Crippen LogP contribution in [-0.4, -0.2) is 37.7 Å². The molecule has 0 unspecified atom stereocenters. The second-order valence-electron chi connectivity index (χ2n) is 7.15. The van der Waals surface area contributed by atoms with Crippen LogP contribution >= 0.6 is 15.9 Å². The van der Waals surface area contributed by atoms with E-state index in [2.05, 4.69) is 31.8 Å². The Morgan fingerprint density at radius 2 is 1.76 bits per heavy atom. The minimum atomic E-state index is -0.522. The van der Waals surface area contributed by atoms with Gasteiger partial charge in [-0.25, -0.2) is 10.2 Å². The summed E-state index contributed by atoms with van der Waals surface area (Å²) in [6.07, 6.45) is 1.35. The zero-order chi connectivity index (χ0) is 24.5. The Labute approximate surface area is 205 Å². The summed E-state index contributed by atoms with van der Waals surface area (Å²) in [7, 11) is 1.53. The molecule has 0 aliphatic carbocycles. The van der Waals surface area contributed by atoms with Gasteiger partial charge in [-0.2, -0.15) is 5.10 Å². The van der Waals surface area contributed by atoms with Crippen LogP contribution in [0.5, 0.6) is 11.5 Å². The highest BCUT2D eigenvalue weighted by molar-refractivity contribution is 9.10. The number of aryl methyl sites for hydroxylation is 1. The maximum atomic E-state index is 12.5. The smallest absolute Gasteiger partial charge is 0.343 e. The van der Waals surface area contributed by atoms with E-state index in [1.807, 2.05) is 13.0 Å². The molecule has 174 valence electrons. The number of nitrogens with zero attached hydrogens (tertiary/aromatic N) is 1. The van der Waals surface area contributed by atoms with Crippen molar-refractivity contribution in [3.05, 3.63) is 93.5 Å². The normalized spacial score (nSPS) is 10.6. The summed E-state index contributed by atoms with van der Waals surface area (Å²) in [6.45, 7) is 1.62. The van der Waals surface area contributed by atoms with E-state index in [1.54, 1.807) is 60.7 Å². The molecule has 0 radical (unpaired) electrons. The second kappa shape index (κ2) is 11.8. The van der Waals surface area contributed by atoms with Crippen molar-refractivity contribution in [3.63, 3.8) is 0 Å². The summed E-state index contributed by atoms with van der Waals surface area (Å²) in [5, 5.41) is 6.42.